The zero-order chi connectivity index (χ0) is 14.5. The highest BCUT2D eigenvalue weighted by Crippen LogP contribution is 2.22. The second-order valence-electron chi connectivity index (χ2n) is 3.98. The van der Waals surface area contributed by atoms with Crippen molar-refractivity contribution in [2.45, 2.75) is 18.3 Å². The maximum atomic E-state index is 12.7. The van der Waals surface area contributed by atoms with Crippen molar-refractivity contribution >= 4 is 5.91 Å². The topological polar surface area (TPSA) is 55.1 Å². The maximum absolute atomic E-state index is 12.7. The minimum absolute atomic E-state index is 0.101. The van der Waals surface area contributed by atoms with Crippen LogP contribution in [-0.4, -0.2) is 31.3 Å². The molecule has 19 heavy (non-hydrogen) atoms. The number of halogens is 4. The number of hydrogen-bond acceptors (Lipinski definition) is 2. The lowest BCUT2D eigenvalue weighted by molar-refractivity contribution is -0.137. The summed E-state index contributed by atoms with van der Waals surface area (Å²) in [4.78, 5) is 11.7. The Morgan fingerprint density at radius 2 is 1.84 bits per heavy atom. The van der Waals surface area contributed by atoms with Crippen LogP contribution in [0.15, 0.2) is 30.3 Å². The van der Waals surface area contributed by atoms with Gasteiger partial charge in [-0.3, -0.25) is 4.79 Å². The second kappa shape index (κ2) is 6.51. The van der Waals surface area contributed by atoms with Crippen molar-refractivity contribution < 1.29 is 22.4 Å². The summed E-state index contributed by atoms with van der Waals surface area (Å²) in [5.41, 5.74) is 5.95. The Bertz CT molecular complexity index is 411. The van der Waals surface area contributed by atoms with Gasteiger partial charge in [-0.2, -0.15) is 8.78 Å². The summed E-state index contributed by atoms with van der Waals surface area (Å²) in [5, 5.41) is 1.80. The fourth-order valence-corrected chi connectivity index (χ4v) is 1.49. The van der Waals surface area contributed by atoms with Crippen LogP contribution in [0.4, 0.5) is 17.6 Å². The summed E-state index contributed by atoms with van der Waals surface area (Å²) in [7, 11) is 0. The average Bonchev–Trinajstić information content (AvgIpc) is 2.38. The molecule has 1 aromatic rings. The van der Waals surface area contributed by atoms with E-state index in [4.69, 9.17) is 5.73 Å². The summed E-state index contributed by atoms with van der Waals surface area (Å²) in [6.45, 7) is -1.51. The minimum atomic E-state index is -4.24. The zero-order valence-electron chi connectivity index (χ0n) is 9.95. The van der Waals surface area contributed by atoms with Gasteiger partial charge in [0.1, 0.15) is 0 Å². The first-order chi connectivity index (χ1) is 8.88. The van der Waals surface area contributed by atoms with Crippen LogP contribution >= 0.6 is 0 Å². The van der Waals surface area contributed by atoms with Crippen molar-refractivity contribution in [2.24, 2.45) is 5.73 Å². The van der Waals surface area contributed by atoms with E-state index in [9.17, 15) is 22.4 Å². The Kier molecular flexibility index (Phi) is 5.29. The van der Waals surface area contributed by atoms with Crippen molar-refractivity contribution in [3.8, 4) is 0 Å². The van der Waals surface area contributed by atoms with E-state index >= 15 is 0 Å². The third-order valence-electron chi connectivity index (χ3n) is 2.57. The third-order valence-corrected chi connectivity index (χ3v) is 2.57. The molecule has 0 spiro atoms. The summed E-state index contributed by atoms with van der Waals surface area (Å²) in [5.74, 6) is -5.88. The highest BCUT2D eigenvalue weighted by molar-refractivity contribution is 5.83. The van der Waals surface area contributed by atoms with Crippen molar-refractivity contribution in [2.75, 3.05) is 13.1 Å². The van der Waals surface area contributed by atoms with Crippen molar-refractivity contribution in [3.05, 3.63) is 35.9 Å². The molecular weight excluding hydrogens is 264 g/mol. The number of alkyl halides is 4. The molecule has 0 fully saturated rings. The number of hydrogen-bond donors (Lipinski definition) is 2. The van der Waals surface area contributed by atoms with Gasteiger partial charge in [0.05, 0.1) is 12.5 Å². The summed E-state index contributed by atoms with van der Waals surface area (Å²) in [6, 6.07) is 8.28. The van der Waals surface area contributed by atoms with Crippen LogP contribution in [-0.2, 0) is 4.79 Å². The van der Waals surface area contributed by atoms with Gasteiger partial charge in [-0.25, -0.2) is 8.78 Å². The Hall–Kier alpha value is -1.63. The molecule has 0 aromatic heterocycles. The molecule has 0 radical (unpaired) electrons. The summed E-state index contributed by atoms with van der Waals surface area (Å²) in [6.07, 6.45) is -3.82. The van der Waals surface area contributed by atoms with E-state index < -0.39 is 30.7 Å². The number of nitrogens with two attached hydrogens (primary N) is 1. The van der Waals surface area contributed by atoms with Crippen LogP contribution < -0.4 is 11.1 Å². The molecular formula is C12H14F4N2O. The number of nitrogens with one attached hydrogen (secondary N) is 1. The Morgan fingerprint density at radius 1 is 1.26 bits per heavy atom. The summed E-state index contributed by atoms with van der Waals surface area (Å²) >= 11 is 0. The highest BCUT2D eigenvalue weighted by Gasteiger charge is 2.41. The molecule has 0 heterocycles. The highest BCUT2D eigenvalue weighted by atomic mass is 19.3. The third kappa shape index (κ3) is 4.20. The van der Waals surface area contributed by atoms with Crippen molar-refractivity contribution in [3.63, 3.8) is 0 Å². The van der Waals surface area contributed by atoms with E-state index in [1.165, 1.54) is 0 Å². The molecule has 1 rings (SSSR count). The predicted molar refractivity (Wildman–Crippen MR) is 62.2 cm³/mol. The van der Waals surface area contributed by atoms with Gasteiger partial charge >= 0.3 is 12.3 Å². The maximum Gasteiger partial charge on any atom is 0.324 e. The van der Waals surface area contributed by atoms with Crippen LogP contribution in [0.2, 0.25) is 0 Å². The minimum Gasteiger partial charge on any atom is -0.349 e. The second-order valence-corrected chi connectivity index (χ2v) is 3.98. The fraction of sp³-hybridized carbons (Fsp3) is 0.417. The van der Waals surface area contributed by atoms with E-state index in [0.717, 1.165) is 0 Å². The van der Waals surface area contributed by atoms with Gasteiger partial charge in [0.15, 0.2) is 0 Å². The van der Waals surface area contributed by atoms with Crippen LogP contribution in [0.5, 0.6) is 0 Å². The van der Waals surface area contributed by atoms with Crippen molar-refractivity contribution in [1.29, 1.82) is 0 Å². The lowest BCUT2D eigenvalue weighted by Crippen LogP contribution is -2.44. The molecule has 7 heteroatoms. The molecule has 1 unspecified atom stereocenters. The van der Waals surface area contributed by atoms with E-state index in [0.29, 0.717) is 5.56 Å². The standard InChI is InChI=1S/C12H14F4N2O/c13-11(14)12(15,16)7-18-10(19)9(6-17)8-4-2-1-3-5-8/h1-5,9,11H,6-7,17H2,(H,18,19). The normalized spacial score (nSPS) is 13.4. The Morgan fingerprint density at radius 3 is 2.32 bits per heavy atom. The smallest absolute Gasteiger partial charge is 0.324 e. The molecule has 1 aromatic carbocycles. The van der Waals surface area contributed by atoms with E-state index in [2.05, 4.69) is 0 Å². The number of amides is 1. The first-order valence-corrected chi connectivity index (χ1v) is 5.57. The van der Waals surface area contributed by atoms with Gasteiger partial charge in [-0.1, -0.05) is 30.3 Å². The molecule has 0 aliphatic carbocycles. The first-order valence-electron chi connectivity index (χ1n) is 5.57. The van der Waals surface area contributed by atoms with Crippen molar-refractivity contribution in [1.82, 2.24) is 5.32 Å². The Labute approximate surface area is 107 Å². The van der Waals surface area contributed by atoms with Gasteiger partial charge in [-0.15, -0.1) is 0 Å². The predicted octanol–water partition coefficient (Wildman–Crippen LogP) is 1.75. The van der Waals surface area contributed by atoms with Gasteiger partial charge in [-0.05, 0) is 5.56 Å². The first kappa shape index (κ1) is 15.4. The van der Waals surface area contributed by atoms with E-state index in [1.807, 2.05) is 0 Å². The van der Waals surface area contributed by atoms with E-state index in [-0.39, 0.29) is 6.54 Å². The number of carbonyl (C=O) groups is 1. The van der Waals surface area contributed by atoms with Gasteiger partial charge < -0.3 is 11.1 Å². The van der Waals surface area contributed by atoms with Gasteiger partial charge in [0.2, 0.25) is 5.91 Å². The molecule has 0 bridgehead atoms. The van der Waals surface area contributed by atoms with Crippen LogP contribution in [0, 0.1) is 0 Å². The lowest BCUT2D eigenvalue weighted by Gasteiger charge is -2.19. The van der Waals surface area contributed by atoms with E-state index in [1.54, 1.807) is 35.6 Å². The average molecular weight is 278 g/mol. The molecule has 1 atom stereocenters. The molecule has 1 amide bonds. The lowest BCUT2D eigenvalue weighted by atomic mass is 9.98. The number of benzene rings is 1. The molecule has 0 saturated heterocycles. The summed E-state index contributed by atoms with van der Waals surface area (Å²) < 4.78 is 49.2. The Balaban J connectivity index is 2.66. The van der Waals surface area contributed by atoms with Crippen LogP contribution in [0.3, 0.4) is 0 Å². The quantitative estimate of drug-likeness (QED) is 0.779. The SMILES string of the molecule is NCC(C(=O)NCC(F)(F)C(F)F)c1ccccc1. The molecule has 3 nitrogen and oxygen atoms in total. The van der Waals surface area contributed by atoms with Crippen LogP contribution in [0.25, 0.3) is 0 Å². The molecule has 0 aliphatic heterocycles. The molecule has 106 valence electrons. The largest absolute Gasteiger partial charge is 0.349 e. The van der Waals surface area contributed by atoms with Gasteiger partial charge in [0.25, 0.3) is 0 Å². The number of rotatable bonds is 6. The number of carbonyl (C=O) groups excluding carboxylic acids is 1. The van der Waals surface area contributed by atoms with Gasteiger partial charge in [0, 0.05) is 6.54 Å². The molecule has 3 N–H and O–H groups in total. The molecule has 0 saturated carbocycles. The fourth-order valence-electron chi connectivity index (χ4n) is 1.49. The zero-order valence-corrected chi connectivity index (χ0v) is 9.95. The van der Waals surface area contributed by atoms with Crippen LogP contribution in [0.1, 0.15) is 11.5 Å². The monoisotopic (exact) mass is 278 g/mol. The molecule has 0 aliphatic rings.